The van der Waals surface area contributed by atoms with Crippen molar-refractivity contribution in [3.8, 4) is 11.5 Å². The average molecular weight is 328 g/mol. The Balaban J connectivity index is 1.42. The Kier molecular flexibility index (Phi) is 5.32. The van der Waals surface area contributed by atoms with E-state index in [0.717, 1.165) is 36.6 Å². The largest absolute Gasteiger partial charge is 0.486 e. The molecule has 1 aliphatic heterocycles. The molecule has 0 atom stereocenters. The van der Waals surface area contributed by atoms with Crippen LogP contribution in [0.25, 0.3) is 0 Å². The number of nitrogens with one attached hydrogen (secondary N) is 2. The van der Waals surface area contributed by atoms with Gasteiger partial charge in [-0.3, -0.25) is 0 Å². The van der Waals surface area contributed by atoms with E-state index in [4.69, 9.17) is 21.7 Å². The van der Waals surface area contributed by atoms with E-state index < -0.39 is 0 Å². The first-order valence-corrected chi connectivity index (χ1v) is 8.20. The average Bonchev–Trinajstić information content (AvgIpc) is 2.59. The molecule has 0 bridgehead atoms. The molecule has 2 aromatic carbocycles. The molecule has 5 heteroatoms. The number of hydrogen-bond acceptors (Lipinski definition) is 3. The Hall–Kier alpha value is -2.27. The van der Waals surface area contributed by atoms with Crippen LogP contribution in [0.15, 0.2) is 48.5 Å². The van der Waals surface area contributed by atoms with Crippen molar-refractivity contribution in [3.05, 3.63) is 54.1 Å². The second kappa shape index (κ2) is 7.83. The molecule has 0 unspecified atom stereocenters. The Morgan fingerprint density at radius 3 is 2.61 bits per heavy atom. The molecule has 0 saturated carbocycles. The number of anilines is 1. The smallest absolute Gasteiger partial charge is 0.170 e. The molecule has 0 fully saturated rings. The van der Waals surface area contributed by atoms with Gasteiger partial charge in [-0.05, 0) is 42.8 Å². The Bertz CT molecular complexity index is 661. The highest BCUT2D eigenvalue weighted by atomic mass is 32.1. The number of hydrogen-bond donors (Lipinski definition) is 2. The van der Waals surface area contributed by atoms with Crippen molar-refractivity contribution in [2.24, 2.45) is 0 Å². The van der Waals surface area contributed by atoms with Crippen LogP contribution in [0.2, 0.25) is 0 Å². The minimum absolute atomic E-state index is 0.582. The fraction of sp³-hybridized carbons (Fsp3) is 0.278. The Morgan fingerprint density at radius 1 is 1.00 bits per heavy atom. The number of benzene rings is 2. The van der Waals surface area contributed by atoms with E-state index >= 15 is 0 Å². The maximum Gasteiger partial charge on any atom is 0.170 e. The predicted molar refractivity (Wildman–Crippen MR) is 96.4 cm³/mol. The summed E-state index contributed by atoms with van der Waals surface area (Å²) in [5.41, 5.74) is 2.25. The topological polar surface area (TPSA) is 42.5 Å². The molecule has 3 rings (SSSR count). The molecule has 0 spiro atoms. The molecule has 1 aliphatic rings. The van der Waals surface area contributed by atoms with Crippen molar-refractivity contribution in [1.82, 2.24) is 5.32 Å². The van der Waals surface area contributed by atoms with E-state index in [1.807, 2.05) is 24.3 Å². The highest BCUT2D eigenvalue weighted by molar-refractivity contribution is 7.80. The van der Waals surface area contributed by atoms with Crippen LogP contribution in [0.1, 0.15) is 12.0 Å². The number of rotatable bonds is 5. The van der Waals surface area contributed by atoms with Gasteiger partial charge >= 0.3 is 0 Å². The van der Waals surface area contributed by atoms with Crippen LogP contribution in [0, 0.1) is 0 Å². The highest BCUT2D eigenvalue weighted by Gasteiger charge is 2.11. The maximum absolute atomic E-state index is 5.56. The third-order valence-electron chi connectivity index (χ3n) is 3.57. The molecule has 0 radical (unpaired) electrons. The Labute approximate surface area is 141 Å². The fourth-order valence-electron chi connectivity index (χ4n) is 2.44. The molecular formula is C18H20N2O2S. The second-order valence-corrected chi connectivity index (χ2v) is 5.74. The van der Waals surface area contributed by atoms with Gasteiger partial charge in [0.15, 0.2) is 16.6 Å². The highest BCUT2D eigenvalue weighted by Crippen LogP contribution is 2.32. The fourth-order valence-corrected chi connectivity index (χ4v) is 2.66. The number of aryl methyl sites for hydroxylation is 1. The number of ether oxygens (including phenoxy) is 2. The Morgan fingerprint density at radius 2 is 1.78 bits per heavy atom. The zero-order valence-corrected chi connectivity index (χ0v) is 13.7. The van der Waals surface area contributed by atoms with Crippen molar-refractivity contribution in [2.75, 3.05) is 25.1 Å². The summed E-state index contributed by atoms with van der Waals surface area (Å²) in [6, 6.07) is 16.2. The molecule has 0 amide bonds. The van der Waals surface area contributed by atoms with Crippen LogP contribution in [-0.2, 0) is 6.42 Å². The first kappa shape index (κ1) is 15.6. The summed E-state index contributed by atoms with van der Waals surface area (Å²) in [4.78, 5) is 0. The van der Waals surface area contributed by atoms with Crippen molar-refractivity contribution in [2.45, 2.75) is 12.8 Å². The molecule has 2 aromatic rings. The summed E-state index contributed by atoms with van der Waals surface area (Å²) in [5, 5.41) is 7.03. The second-order valence-electron chi connectivity index (χ2n) is 5.33. The molecule has 0 aromatic heterocycles. The first-order chi connectivity index (χ1) is 11.3. The summed E-state index contributed by atoms with van der Waals surface area (Å²) in [7, 11) is 0. The molecule has 0 aliphatic carbocycles. The maximum atomic E-state index is 5.56. The molecular weight excluding hydrogens is 308 g/mol. The standard InChI is InChI=1S/C18H20N2O2S/c23-18(19-10-4-7-14-5-2-1-3-6-14)20-15-8-9-16-17(13-15)22-12-11-21-16/h1-3,5-6,8-9,13H,4,7,10-12H2,(H2,19,20,23). The van der Waals surface area contributed by atoms with Crippen molar-refractivity contribution in [1.29, 1.82) is 0 Å². The minimum Gasteiger partial charge on any atom is -0.486 e. The zero-order chi connectivity index (χ0) is 15.9. The van der Waals surface area contributed by atoms with Gasteiger partial charge < -0.3 is 20.1 Å². The summed E-state index contributed by atoms with van der Waals surface area (Å²) in [6.45, 7) is 2.02. The lowest BCUT2D eigenvalue weighted by Gasteiger charge is -2.19. The van der Waals surface area contributed by atoms with Gasteiger partial charge in [0.1, 0.15) is 13.2 Å². The third kappa shape index (κ3) is 4.60. The van der Waals surface area contributed by atoms with E-state index in [1.165, 1.54) is 5.56 Å². The number of thiocarbonyl (C=S) groups is 1. The van der Waals surface area contributed by atoms with E-state index in [-0.39, 0.29) is 0 Å². The van der Waals surface area contributed by atoms with Gasteiger partial charge in [-0.15, -0.1) is 0 Å². The quantitative estimate of drug-likeness (QED) is 0.651. The van der Waals surface area contributed by atoms with Gasteiger partial charge in [0.2, 0.25) is 0 Å². The summed E-state index contributed by atoms with van der Waals surface area (Å²) < 4.78 is 11.1. The molecule has 0 saturated heterocycles. The van der Waals surface area contributed by atoms with Crippen LogP contribution in [0.3, 0.4) is 0 Å². The van der Waals surface area contributed by atoms with Crippen molar-refractivity contribution in [3.63, 3.8) is 0 Å². The lowest BCUT2D eigenvalue weighted by Crippen LogP contribution is -2.29. The van der Waals surface area contributed by atoms with Gasteiger partial charge in [-0.2, -0.15) is 0 Å². The zero-order valence-electron chi connectivity index (χ0n) is 12.9. The van der Waals surface area contributed by atoms with Crippen molar-refractivity contribution >= 4 is 23.0 Å². The monoisotopic (exact) mass is 328 g/mol. The van der Waals surface area contributed by atoms with Gasteiger partial charge in [-0.1, -0.05) is 30.3 Å². The van der Waals surface area contributed by atoms with Crippen LogP contribution in [-0.4, -0.2) is 24.9 Å². The lowest BCUT2D eigenvalue weighted by molar-refractivity contribution is 0.171. The van der Waals surface area contributed by atoms with Gasteiger partial charge in [0.05, 0.1) is 0 Å². The predicted octanol–water partition coefficient (Wildman–Crippen LogP) is 3.38. The normalized spacial score (nSPS) is 12.5. The van der Waals surface area contributed by atoms with Gasteiger partial charge in [0.25, 0.3) is 0 Å². The van der Waals surface area contributed by atoms with E-state index in [9.17, 15) is 0 Å². The van der Waals surface area contributed by atoms with Crippen LogP contribution in [0.5, 0.6) is 11.5 Å². The van der Waals surface area contributed by atoms with E-state index in [2.05, 4.69) is 34.9 Å². The van der Waals surface area contributed by atoms with E-state index in [0.29, 0.717) is 18.3 Å². The van der Waals surface area contributed by atoms with Gasteiger partial charge in [0, 0.05) is 18.3 Å². The van der Waals surface area contributed by atoms with Crippen LogP contribution in [0.4, 0.5) is 5.69 Å². The summed E-state index contributed by atoms with van der Waals surface area (Å²) in [5.74, 6) is 1.54. The third-order valence-corrected chi connectivity index (χ3v) is 3.82. The summed E-state index contributed by atoms with van der Waals surface area (Å²) in [6.07, 6.45) is 2.08. The lowest BCUT2D eigenvalue weighted by atomic mass is 10.1. The summed E-state index contributed by atoms with van der Waals surface area (Å²) >= 11 is 5.33. The van der Waals surface area contributed by atoms with Crippen LogP contribution >= 0.6 is 12.2 Å². The van der Waals surface area contributed by atoms with E-state index in [1.54, 1.807) is 0 Å². The molecule has 2 N–H and O–H groups in total. The minimum atomic E-state index is 0.582. The van der Waals surface area contributed by atoms with Gasteiger partial charge in [-0.25, -0.2) is 0 Å². The molecule has 120 valence electrons. The molecule has 23 heavy (non-hydrogen) atoms. The number of fused-ring (bicyclic) bond motifs is 1. The SMILES string of the molecule is S=C(NCCCc1ccccc1)Nc1ccc2c(c1)OCCO2. The van der Waals surface area contributed by atoms with Crippen LogP contribution < -0.4 is 20.1 Å². The molecule has 4 nitrogen and oxygen atoms in total. The van der Waals surface area contributed by atoms with Crippen molar-refractivity contribution < 1.29 is 9.47 Å². The molecule has 1 heterocycles. The first-order valence-electron chi connectivity index (χ1n) is 7.80.